The molecule has 2 aromatic carbocycles. The fourth-order valence-corrected chi connectivity index (χ4v) is 4.62. The summed E-state index contributed by atoms with van der Waals surface area (Å²) in [6.07, 6.45) is 2.39. The highest BCUT2D eigenvalue weighted by Gasteiger charge is 2.36. The van der Waals surface area contributed by atoms with Gasteiger partial charge in [-0.1, -0.05) is 12.1 Å². The van der Waals surface area contributed by atoms with Gasteiger partial charge in [-0.25, -0.2) is 4.98 Å². The molecule has 1 aromatic heterocycles. The summed E-state index contributed by atoms with van der Waals surface area (Å²) in [5.41, 5.74) is 3.06. The number of hydrogen-bond acceptors (Lipinski definition) is 8. The molecule has 1 fully saturated rings. The Kier molecular flexibility index (Phi) is 8.28. The zero-order chi connectivity index (χ0) is 27.4. The normalized spacial score (nSPS) is 14.2. The Morgan fingerprint density at radius 1 is 1.16 bits per heavy atom. The van der Waals surface area contributed by atoms with Crippen molar-refractivity contribution in [3.63, 3.8) is 0 Å². The first-order chi connectivity index (χ1) is 18.1. The number of carbonyl (C=O) groups excluding carboxylic acids is 3. The molecule has 0 atom stereocenters. The average molecular weight is 557 g/mol. The van der Waals surface area contributed by atoms with E-state index < -0.39 is 29.4 Å². The predicted molar refractivity (Wildman–Crippen MR) is 142 cm³/mol. The lowest BCUT2D eigenvalue weighted by atomic mass is 10.1. The third kappa shape index (κ3) is 6.48. The summed E-state index contributed by atoms with van der Waals surface area (Å²) < 4.78 is 25.2. The van der Waals surface area contributed by atoms with Crippen molar-refractivity contribution in [3.05, 3.63) is 75.3 Å². The van der Waals surface area contributed by atoms with Crippen LogP contribution in [0.25, 0.3) is 6.08 Å². The van der Waals surface area contributed by atoms with Gasteiger partial charge >= 0.3 is 0 Å². The maximum atomic E-state index is 14.0. The van der Waals surface area contributed by atoms with Crippen molar-refractivity contribution in [2.45, 2.75) is 20.8 Å². The molecule has 196 valence electrons. The molecule has 1 N–H and O–H groups in total. The zero-order valence-electron chi connectivity index (χ0n) is 20.6. The summed E-state index contributed by atoms with van der Waals surface area (Å²) in [5.74, 6) is -1.85. The summed E-state index contributed by atoms with van der Waals surface area (Å²) in [6, 6.07) is 10.2. The topological polar surface area (TPSA) is 111 Å². The molecule has 2 heterocycles. The van der Waals surface area contributed by atoms with Crippen molar-refractivity contribution in [3.8, 4) is 17.4 Å². The first kappa shape index (κ1) is 27.1. The van der Waals surface area contributed by atoms with Crippen LogP contribution in [0.5, 0.6) is 17.4 Å². The van der Waals surface area contributed by atoms with E-state index in [9.17, 15) is 18.8 Å². The largest absolute Gasteiger partial charge is 0.490 e. The molecule has 0 aliphatic carbocycles. The van der Waals surface area contributed by atoms with Crippen LogP contribution in [-0.4, -0.2) is 45.1 Å². The molecular formula is C26H22ClFN4O5S. The van der Waals surface area contributed by atoms with E-state index in [0.29, 0.717) is 11.3 Å². The molecule has 38 heavy (non-hydrogen) atoms. The van der Waals surface area contributed by atoms with E-state index in [2.05, 4.69) is 15.3 Å². The van der Waals surface area contributed by atoms with Gasteiger partial charge in [-0.05, 0) is 91.2 Å². The Balaban J connectivity index is 1.50. The van der Waals surface area contributed by atoms with Crippen molar-refractivity contribution >= 4 is 52.2 Å². The number of anilines is 1. The van der Waals surface area contributed by atoms with Gasteiger partial charge in [-0.15, -0.1) is 0 Å². The summed E-state index contributed by atoms with van der Waals surface area (Å²) in [4.78, 5) is 46.3. The summed E-state index contributed by atoms with van der Waals surface area (Å²) in [7, 11) is 0. The second kappa shape index (κ2) is 11.6. The monoisotopic (exact) mass is 556 g/mol. The van der Waals surface area contributed by atoms with E-state index in [1.165, 1.54) is 12.1 Å². The van der Waals surface area contributed by atoms with Gasteiger partial charge in [-0.2, -0.15) is 9.37 Å². The number of hydrogen-bond donors (Lipinski definition) is 1. The lowest BCUT2D eigenvalue weighted by Crippen LogP contribution is -2.36. The van der Waals surface area contributed by atoms with Gasteiger partial charge in [0.1, 0.15) is 6.54 Å². The number of nitrogens with one attached hydrogen (secondary N) is 1. The number of carbonyl (C=O) groups is 3. The number of rotatable bonds is 8. The van der Waals surface area contributed by atoms with Crippen LogP contribution >= 0.6 is 23.4 Å². The number of halogens is 2. The fourth-order valence-electron chi connectivity index (χ4n) is 3.65. The van der Waals surface area contributed by atoms with Crippen molar-refractivity contribution in [2.75, 3.05) is 18.5 Å². The molecule has 0 radical (unpaired) electrons. The molecule has 0 bridgehead atoms. The van der Waals surface area contributed by atoms with Crippen LogP contribution in [0.15, 0.2) is 47.5 Å². The maximum Gasteiger partial charge on any atom is 0.294 e. The van der Waals surface area contributed by atoms with Crippen LogP contribution in [0.1, 0.15) is 23.6 Å². The standard InChI is InChI=1S/C26H22ClFN4O5S/c1-4-36-20-10-16(5-6-19(20)37-23-18(28)12-29-25(27)31-23)11-21-24(34)32(26(35)38-21)13-22(33)30-17-8-14(2)7-15(3)9-17/h5-12H,4,13H2,1-3H3,(H,30,33)/b21-11+. The predicted octanol–water partition coefficient (Wildman–Crippen LogP) is 5.75. The molecule has 1 aliphatic rings. The van der Waals surface area contributed by atoms with E-state index in [0.717, 1.165) is 34.0 Å². The minimum atomic E-state index is -0.809. The minimum Gasteiger partial charge on any atom is -0.490 e. The summed E-state index contributed by atoms with van der Waals surface area (Å²) in [6.45, 7) is 5.43. The van der Waals surface area contributed by atoms with Crippen LogP contribution in [0.2, 0.25) is 5.28 Å². The molecule has 1 saturated heterocycles. The highest BCUT2D eigenvalue weighted by Crippen LogP contribution is 2.36. The van der Waals surface area contributed by atoms with Gasteiger partial charge in [-0.3, -0.25) is 19.3 Å². The van der Waals surface area contributed by atoms with E-state index >= 15 is 0 Å². The quantitative estimate of drug-likeness (QED) is 0.276. The second-order valence-electron chi connectivity index (χ2n) is 8.23. The number of aromatic nitrogens is 2. The van der Waals surface area contributed by atoms with Crippen LogP contribution < -0.4 is 14.8 Å². The molecule has 3 aromatic rings. The molecule has 3 amide bonds. The fraction of sp³-hybridized carbons (Fsp3) is 0.192. The number of aryl methyl sites for hydroxylation is 2. The van der Waals surface area contributed by atoms with Gasteiger partial charge in [0.05, 0.1) is 17.7 Å². The number of amides is 3. The highest BCUT2D eigenvalue weighted by molar-refractivity contribution is 8.18. The Morgan fingerprint density at radius 3 is 2.61 bits per heavy atom. The molecular weight excluding hydrogens is 535 g/mol. The van der Waals surface area contributed by atoms with Gasteiger partial charge in [0.2, 0.25) is 17.0 Å². The minimum absolute atomic E-state index is 0.138. The van der Waals surface area contributed by atoms with Crippen molar-refractivity contribution in [1.82, 2.24) is 14.9 Å². The Labute approximate surface area is 227 Å². The van der Waals surface area contributed by atoms with Gasteiger partial charge < -0.3 is 14.8 Å². The molecule has 4 rings (SSSR count). The third-order valence-corrected chi connectivity index (χ3v) is 6.22. The molecule has 0 spiro atoms. The number of ether oxygens (including phenoxy) is 2. The van der Waals surface area contributed by atoms with Crippen LogP contribution in [0.4, 0.5) is 14.9 Å². The van der Waals surface area contributed by atoms with Crippen LogP contribution in [-0.2, 0) is 9.59 Å². The third-order valence-electron chi connectivity index (χ3n) is 5.14. The van der Waals surface area contributed by atoms with Gasteiger partial charge in [0.15, 0.2) is 11.5 Å². The van der Waals surface area contributed by atoms with E-state index in [1.807, 2.05) is 19.9 Å². The molecule has 9 nitrogen and oxygen atoms in total. The zero-order valence-corrected chi connectivity index (χ0v) is 22.2. The average Bonchev–Trinajstić information content (AvgIpc) is 3.09. The van der Waals surface area contributed by atoms with E-state index in [-0.39, 0.29) is 34.2 Å². The van der Waals surface area contributed by atoms with Crippen LogP contribution in [0, 0.1) is 19.7 Å². The Morgan fingerprint density at radius 2 is 1.89 bits per heavy atom. The van der Waals surface area contributed by atoms with E-state index in [1.54, 1.807) is 31.2 Å². The Bertz CT molecular complexity index is 1450. The Hall–Kier alpha value is -3.96. The molecule has 12 heteroatoms. The maximum absolute atomic E-state index is 14.0. The first-order valence-corrected chi connectivity index (χ1v) is 12.6. The first-order valence-electron chi connectivity index (χ1n) is 11.4. The second-order valence-corrected chi connectivity index (χ2v) is 9.56. The van der Waals surface area contributed by atoms with E-state index in [4.69, 9.17) is 21.1 Å². The number of imide groups is 1. The summed E-state index contributed by atoms with van der Waals surface area (Å²) >= 11 is 6.45. The highest BCUT2D eigenvalue weighted by atomic mass is 35.5. The lowest BCUT2D eigenvalue weighted by Gasteiger charge is -2.13. The SMILES string of the molecule is CCOc1cc(/C=C2/SC(=O)N(CC(=O)Nc3cc(C)cc(C)c3)C2=O)ccc1Oc1nc(Cl)ncc1F. The lowest BCUT2D eigenvalue weighted by molar-refractivity contribution is -0.127. The molecule has 0 unspecified atom stereocenters. The molecule has 1 aliphatic heterocycles. The van der Waals surface area contributed by atoms with Crippen molar-refractivity contribution in [2.24, 2.45) is 0 Å². The summed E-state index contributed by atoms with van der Waals surface area (Å²) in [5, 5.41) is 1.98. The number of nitrogens with zero attached hydrogens (tertiary/aromatic N) is 3. The van der Waals surface area contributed by atoms with Gasteiger partial charge in [0, 0.05) is 5.69 Å². The number of benzene rings is 2. The smallest absolute Gasteiger partial charge is 0.294 e. The number of thioether (sulfide) groups is 1. The van der Waals surface area contributed by atoms with Gasteiger partial charge in [0.25, 0.3) is 17.0 Å². The van der Waals surface area contributed by atoms with Crippen molar-refractivity contribution in [1.29, 1.82) is 0 Å². The van der Waals surface area contributed by atoms with Crippen LogP contribution in [0.3, 0.4) is 0 Å². The molecule has 0 saturated carbocycles. The van der Waals surface area contributed by atoms with Crippen molar-refractivity contribution < 1.29 is 28.2 Å².